The number of para-hydroxylation sites is 1. The molecule has 4 aromatic rings. The van der Waals surface area contributed by atoms with E-state index in [4.69, 9.17) is 0 Å². The van der Waals surface area contributed by atoms with Crippen LogP contribution in [-0.2, 0) is 0 Å². The summed E-state index contributed by atoms with van der Waals surface area (Å²) in [5.41, 5.74) is 7.69. The first kappa shape index (κ1) is 19.1. The number of amides is 2. The van der Waals surface area contributed by atoms with Crippen LogP contribution in [0.3, 0.4) is 0 Å². The van der Waals surface area contributed by atoms with Gasteiger partial charge in [-0.3, -0.25) is 25.2 Å². The zero-order valence-corrected chi connectivity index (χ0v) is 16.1. The highest BCUT2D eigenvalue weighted by Gasteiger charge is 2.16. The fraction of sp³-hybridized carbons (Fsp3) is 0.0435. The highest BCUT2D eigenvalue weighted by atomic mass is 16.2. The van der Waals surface area contributed by atoms with Crippen LogP contribution in [0.25, 0.3) is 22.2 Å². The lowest BCUT2D eigenvalue weighted by Gasteiger charge is -2.11. The molecule has 4 rings (SSSR count). The number of fused-ring (bicyclic) bond motifs is 1. The van der Waals surface area contributed by atoms with Gasteiger partial charge in [0.1, 0.15) is 5.56 Å². The van der Waals surface area contributed by atoms with Gasteiger partial charge in [0.25, 0.3) is 17.4 Å². The number of carbonyl (C=O) groups is 2. The molecule has 0 bridgehead atoms. The van der Waals surface area contributed by atoms with E-state index >= 15 is 0 Å². The summed E-state index contributed by atoms with van der Waals surface area (Å²) in [5, 5.41) is 0.651. The van der Waals surface area contributed by atoms with E-state index in [1.807, 2.05) is 49.4 Å². The number of hydrogen-bond donors (Lipinski definition) is 3. The van der Waals surface area contributed by atoms with Gasteiger partial charge in [0, 0.05) is 17.1 Å². The van der Waals surface area contributed by atoms with E-state index in [0.717, 1.165) is 11.1 Å². The van der Waals surface area contributed by atoms with Crippen LogP contribution < -0.4 is 16.4 Å². The molecule has 7 heteroatoms. The van der Waals surface area contributed by atoms with E-state index in [1.165, 1.54) is 18.3 Å². The number of benzene rings is 2. The lowest BCUT2D eigenvalue weighted by Crippen LogP contribution is -2.43. The Balaban J connectivity index is 1.66. The average Bonchev–Trinajstić information content (AvgIpc) is 2.77. The smallest absolute Gasteiger partial charge is 0.275 e. The van der Waals surface area contributed by atoms with E-state index in [2.05, 4.69) is 20.8 Å². The summed E-state index contributed by atoms with van der Waals surface area (Å²) >= 11 is 0. The Morgan fingerprint density at radius 3 is 2.30 bits per heavy atom. The normalized spacial score (nSPS) is 10.6. The highest BCUT2D eigenvalue weighted by Crippen LogP contribution is 2.25. The second kappa shape index (κ2) is 8.00. The van der Waals surface area contributed by atoms with Gasteiger partial charge in [-0.25, -0.2) is 4.98 Å². The number of hydrazine groups is 1. The molecule has 2 aromatic carbocycles. The fourth-order valence-electron chi connectivity index (χ4n) is 3.08. The van der Waals surface area contributed by atoms with Gasteiger partial charge < -0.3 is 4.98 Å². The van der Waals surface area contributed by atoms with Gasteiger partial charge in [-0.1, -0.05) is 48.0 Å². The predicted octanol–water partition coefficient (Wildman–Crippen LogP) is 2.97. The Hall–Kier alpha value is -4.26. The average molecular weight is 398 g/mol. The van der Waals surface area contributed by atoms with Crippen molar-refractivity contribution in [2.75, 3.05) is 0 Å². The van der Waals surface area contributed by atoms with Gasteiger partial charge in [-0.15, -0.1) is 0 Å². The summed E-state index contributed by atoms with van der Waals surface area (Å²) in [7, 11) is 0. The van der Waals surface area contributed by atoms with E-state index in [1.54, 1.807) is 12.1 Å². The Morgan fingerprint density at radius 2 is 1.57 bits per heavy atom. The molecular formula is C23H18N4O3. The monoisotopic (exact) mass is 398 g/mol. The van der Waals surface area contributed by atoms with Crippen molar-refractivity contribution >= 4 is 22.7 Å². The number of H-pyrrole nitrogens is 1. The summed E-state index contributed by atoms with van der Waals surface area (Å²) in [4.78, 5) is 43.9. The summed E-state index contributed by atoms with van der Waals surface area (Å²) < 4.78 is 0. The molecule has 148 valence electrons. The minimum Gasteiger partial charge on any atom is -0.328 e. The van der Waals surface area contributed by atoms with Crippen molar-refractivity contribution in [1.29, 1.82) is 0 Å². The number of pyridine rings is 2. The number of nitrogens with zero attached hydrogens (tertiary/aromatic N) is 1. The molecule has 2 amide bonds. The minimum absolute atomic E-state index is 0.0993. The van der Waals surface area contributed by atoms with E-state index in [0.29, 0.717) is 22.2 Å². The lowest BCUT2D eigenvalue weighted by atomic mass is 10.0. The Bertz CT molecular complexity index is 1310. The predicted molar refractivity (Wildman–Crippen MR) is 114 cm³/mol. The Morgan fingerprint density at radius 1 is 0.867 bits per heavy atom. The number of aromatic nitrogens is 2. The quantitative estimate of drug-likeness (QED) is 0.462. The Labute approximate surface area is 171 Å². The number of rotatable bonds is 3. The van der Waals surface area contributed by atoms with Crippen molar-refractivity contribution in [3.63, 3.8) is 0 Å². The summed E-state index contributed by atoms with van der Waals surface area (Å²) in [6, 6.07) is 19.7. The van der Waals surface area contributed by atoms with Crippen molar-refractivity contribution in [1.82, 2.24) is 20.8 Å². The SMILES string of the molecule is Cc1ccc(-c2cc(C(=O)NNC(=O)c3ccc[nH]c3=O)c3ccccc3n2)cc1. The van der Waals surface area contributed by atoms with Crippen molar-refractivity contribution in [3.8, 4) is 11.3 Å². The third-order valence-electron chi connectivity index (χ3n) is 4.66. The third-order valence-corrected chi connectivity index (χ3v) is 4.66. The van der Waals surface area contributed by atoms with Crippen LogP contribution >= 0.6 is 0 Å². The van der Waals surface area contributed by atoms with Gasteiger partial charge in [0.05, 0.1) is 16.8 Å². The number of aryl methyl sites for hydroxylation is 1. The first-order valence-corrected chi connectivity index (χ1v) is 9.28. The second-order valence-electron chi connectivity index (χ2n) is 6.76. The molecule has 0 saturated heterocycles. The number of hydrogen-bond acceptors (Lipinski definition) is 4. The topological polar surface area (TPSA) is 104 Å². The molecule has 0 radical (unpaired) electrons. The number of aromatic amines is 1. The van der Waals surface area contributed by atoms with Crippen LogP contribution in [0.1, 0.15) is 26.3 Å². The van der Waals surface area contributed by atoms with Gasteiger partial charge in [-0.2, -0.15) is 0 Å². The van der Waals surface area contributed by atoms with Crippen molar-refractivity contribution in [2.45, 2.75) is 6.92 Å². The maximum absolute atomic E-state index is 12.9. The van der Waals surface area contributed by atoms with E-state index in [-0.39, 0.29) is 5.56 Å². The van der Waals surface area contributed by atoms with Crippen LogP contribution in [0.4, 0.5) is 0 Å². The molecule has 2 heterocycles. The molecule has 0 aliphatic heterocycles. The molecule has 0 saturated carbocycles. The molecule has 2 aromatic heterocycles. The van der Waals surface area contributed by atoms with Crippen LogP contribution in [0, 0.1) is 6.92 Å². The first-order chi connectivity index (χ1) is 14.5. The molecular weight excluding hydrogens is 380 g/mol. The van der Waals surface area contributed by atoms with Gasteiger partial charge in [-0.05, 0) is 31.2 Å². The molecule has 0 aliphatic rings. The van der Waals surface area contributed by atoms with Crippen LogP contribution in [0.15, 0.2) is 77.7 Å². The largest absolute Gasteiger partial charge is 0.328 e. The molecule has 3 N–H and O–H groups in total. The summed E-state index contributed by atoms with van der Waals surface area (Å²) in [6.07, 6.45) is 1.42. The molecule has 7 nitrogen and oxygen atoms in total. The molecule has 30 heavy (non-hydrogen) atoms. The van der Waals surface area contributed by atoms with E-state index in [9.17, 15) is 14.4 Å². The molecule has 0 spiro atoms. The van der Waals surface area contributed by atoms with Crippen molar-refractivity contribution in [3.05, 3.63) is 100.0 Å². The first-order valence-electron chi connectivity index (χ1n) is 9.28. The molecule has 0 atom stereocenters. The Kier molecular flexibility index (Phi) is 5.09. The minimum atomic E-state index is -0.706. The summed E-state index contributed by atoms with van der Waals surface area (Å²) in [6.45, 7) is 2.00. The standard InChI is InChI=1S/C23H18N4O3/c1-14-8-10-15(11-9-14)20-13-18(16-5-2-3-7-19(16)25-20)23(30)27-26-22(29)17-6-4-12-24-21(17)28/h2-13H,1H3,(H,24,28)(H,26,29)(H,27,30). The maximum atomic E-state index is 12.9. The zero-order valence-electron chi connectivity index (χ0n) is 16.1. The molecule has 0 fully saturated rings. The van der Waals surface area contributed by atoms with Crippen molar-refractivity contribution in [2.24, 2.45) is 0 Å². The molecule has 0 unspecified atom stereocenters. The maximum Gasteiger partial charge on any atom is 0.275 e. The molecule has 0 aliphatic carbocycles. The number of nitrogens with one attached hydrogen (secondary N) is 3. The zero-order chi connectivity index (χ0) is 21.1. The fourth-order valence-corrected chi connectivity index (χ4v) is 3.08. The highest BCUT2D eigenvalue weighted by molar-refractivity contribution is 6.08. The van der Waals surface area contributed by atoms with Crippen molar-refractivity contribution < 1.29 is 9.59 Å². The van der Waals surface area contributed by atoms with E-state index < -0.39 is 17.4 Å². The van der Waals surface area contributed by atoms with Gasteiger partial charge in [0.15, 0.2) is 0 Å². The van der Waals surface area contributed by atoms with Crippen LogP contribution in [0.5, 0.6) is 0 Å². The number of carbonyl (C=O) groups excluding carboxylic acids is 2. The van der Waals surface area contributed by atoms with Gasteiger partial charge in [0.2, 0.25) is 0 Å². The van der Waals surface area contributed by atoms with Crippen LogP contribution in [-0.4, -0.2) is 21.8 Å². The summed E-state index contributed by atoms with van der Waals surface area (Å²) in [5.74, 6) is -1.22. The second-order valence-corrected chi connectivity index (χ2v) is 6.76. The lowest BCUT2D eigenvalue weighted by molar-refractivity contribution is 0.0846. The van der Waals surface area contributed by atoms with Crippen LogP contribution in [0.2, 0.25) is 0 Å². The van der Waals surface area contributed by atoms with Gasteiger partial charge >= 0.3 is 0 Å². The third kappa shape index (κ3) is 3.81.